The molecule has 0 N–H and O–H groups in total. The van der Waals surface area contributed by atoms with Gasteiger partial charge in [0.25, 0.3) is 6.71 Å². The van der Waals surface area contributed by atoms with Gasteiger partial charge in [0, 0.05) is 44.9 Å². The number of hydrogen-bond donors (Lipinski definition) is 0. The van der Waals surface area contributed by atoms with Crippen molar-refractivity contribution >= 4 is 79.0 Å². The van der Waals surface area contributed by atoms with E-state index in [0.29, 0.717) is 0 Å². The summed E-state index contributed by atoms with van der Waals surface area (Å²) in [6, 6.07) is 89.2. The van der Waals surface area contributed by atoms with Crippen molar-refractivity contribution in [2.75, 3.05) is 9.80 Å². The molecule has 0 fully saturated rings. The molecule has 4 heteroatoms. The van der Waals surface area contributed by atoms with Crippen LogP contribution >= 0.6 is 0 Å². The Balaban J connectivity index is 1.21. The summed E-state index contributed by atoms with van der Waals surface area (Å²) in [5.41, 5.74) is 31.1. The van der Waals surface area contributed by atoms with Gasteiger partial charge < -0.3 is 14.4 Å². The molecule has 0 amide bonds. The molecule has 2 aliphatic rings. The van der Waals surface area contributed by atoms with E-state index in [1.165, 1.54) is 139 Å². The molecule has 0 bridgehead atoms. The van der Waals surface area contributed by atoms with Gasteiger partial charge in [-0.15, -0.1) is 0 Å². The third-order valence-electron chi connectivity index (χ3n) is 20.2. The summed E-state index contributed by atoms with van der Waals surface area (Å²) in [4.78, 5) is 5.43. The summed E-state index contributed by atoms with van der Waals surface area (Å²) in [6.07, 6.45) is 0. The Hall–Kier alpha value is -9.12. The van der Waals surface area contributed by atoms with E-state index >= 15 is 0 Å². The molecule has 94 heavy (non-hydrogen) atoms. The Kier molecular flexibility index (Phi) is 14.8. The first-order valence-electron chi connectivity index (χ1n) is 34.2. The predicted octanol–water partition coefficient (Wildman–Crippen LogP) is 23.3. The van der Waals surface area contributed by atoms with E-state index in [1.54, 1.807) is 0 Å². The standard InChI is InChI=1S/C90H92BN3/c1-85(2,3)63-45-64(86(4,5)6)48-67(47-63)93-80-55-74(89(13,14)15)70(59-35-27-21-28-36-59)53-76(80)91-77-54-71(60-37-29-22-30-38-60)75(90(16,17)18)56-81(77)94(68-49-65(87(7,8)9)46-66(50-68)88(10,11)12)83-52-69(51-82(93)84(83)91)92-78-41-39-61(57-31-23-19-24-32-57)43-72(78)73-44-62(40-42-79(73)92)58-33-25-20-26-34-58/h19-56H,1-18H3. The van der Waals surface area contributed by atoms with E-state index in [-0.39, 0.29) is 39.2 Å². The minimum atomic E-state index is -0.227. The number of nitrogens with zero attached hydrogens (tertiary/aromatic N) is 3. The second kappa shape index (κ2) is 22.3. The average Bonchev–Trinajstić information content (AvgIpc) is 0.752. The van der Waals surface area contributed by atoms with E-state index in [9.17, 15) is 0 Å². The van der Waals surface area contributed by atoms with E-state index < -0.39 is 0 Å². The van der Waals surface area contributed by atoms with Crippen LogP contribution in [0.15, 0.2) is 231 Å². The zero-order valence-corrected chi connectivity index (χ0v) is 58.9. The van der Waals surface area contributed by atoms with Crippen molar-refractivity contribution in [3.8, 4) is 50.2 Å². The SMILES string of the molecule is CC(C)(C)c1cc(N2c3cc(C(C)(C)C)c(-c4ccccc4)cc3B3c4cc(-c5ccccc5)c(C(C)(C)C)cc4N(c4cc(C(C)(C)C)cc(C(C)(C)C)c4)c4cc(-n5c6ccc(-c7ccccc7)cc6c6cc(-c7ccccc7)ccc65)cc2c43)cc(C(C)(C)C)c1. The van der Waals surface area contributed by atoms with Gasteiger partial charge in [0.1, 0.15) is 0 Å². The van der Waals surface area contributed by atoms with Crippen LogP contribution in [0, 0.1) is 0 Å². The zero-order valence-electron chi connectivity index (χ0n) is 58.9. The van der Waals surface area contributed by atoms with Crippen molar-refractivity contribution in [3.05, 3.63) is 264 Å². The van der Waals surface area contributed by atoms with Gasteiger partial charge in [-0.3, -0.25) is 0 Å². The molecule has 3 nitrogen and oxygen atoms in total. The fraction of sp³-hybridized carbons (Fsp3) is 0.267. The Morgan fingerprint density at radius 1 is 0.255 bits per heavy atom. The van der Waals surface area contributed by atoms with Crippen molar-refractivity contribution in [1.82, 2.24) is 4.57 Å². The molecule has 0 spiro atoms. The lowest BCUT2D eigenvalue weighted by Gasteiger charge is -2.46. The van der Waals surface area contributed by atoms with E-state index in [1.807, 2.05) is 0 Å². The molecule has 470 valence electrons. The van der Waals surface area contributed by atoms with Gasteiger partial charge in [-0.2, -0.15) is 0 Å². The molecule has 0 saturated heterocycles. The highest BCUT2D eigenvalue weighted by Gasteiger charge is 2.46. The topological polar surface area (TPSA) is 11.4 Å². The summed E-state index contributed by atoms with van der Waals surface area (Å²) in [5.74, 6) is 0. The van der Waals surface area contributed by atoms with Crippen LogP contribution in [0.3, 0.4) is 0 Å². The van der Waals surface area contributed by atoms with Crippen LogP contribution in [0.2, 0.25) is 0 Å². The lowest BCUT2D eigenvalue weighted by molar-refractivity contribution is 0.568. The molecule has 0 saturated carbocycles. The number of benzene rings is 11. The van der Waals surface area contributed by atoms with E-state index in [0.717, 1.165) is 16.7 Å². The molecule has 0 aliphatic carbocycles. The molecule has 1 aromatic heterocycles. The zero-order chi connectivity index (χ0) is 66.3. The van der Waals surface area contributed by atoms with E-state index in [4.69, 9.17) is 0 Å². The monoisotopic (exact) mass is 1230 g/mol. The molecule has 2 aliphatic heterocycles. The summed E-state index contributed by atoms with van der Waals surface area (Å²) in [7, 11) is 0. The van der Waals surface area contributed by atoms with Gasteiger partial charge in [-0.1, -0.05) is 282 Å². The van der Waals surface area contributed by atoms with Gasteiger partial charge in [-0.05, 0) is 200 Å². The lowest BCUT2D eigenvalue weighted by Crippen LogP contribution is -2.61. The Labute approximate surface area is 561 Å². The number of hydrogen-bond acceptors (Lipinski definition) is 2. The minimum Gasteiger partial charge on any atom is -0.311 e. The van der Waals surface area contributed by atoms with Crippen LogP contribution < -0.4 is 26.2 Å². The highest BCUT2D eigenvalue weighted by Crippen LogP contribution is 2.52. The summed E-state index contributed by atoms with van der Waals surface area (Å²) in [6.45, 7) is 42.7. The van der Waals surface area contributed by atoms with Crippen molar-refractivity contribution in [1.29, 1.82) is 0 Å². The van der Waals surface area contributed by atoms with Crippen LogP contribution in [0.4, 0.5) is 34.1 Å². The average molecular weight is 1230 g/mol. The van der Waals surface area contributed by atoms with Crippen LogP contribution in [0.25, 0.3) is 72.0 Å². The Morgan fingerprint density at radius 2 is 0.574 bits per heavy atom. The lowest BCUT2D eigenvalue weighted by atomic mass is 9.33. The molecule has 14 rings (SSSR count). The third kappa shape index (κ3) is 11.0. The largest absolute Gasteiger partial charge is 0.311 e. The molecule has 0 radical (unpaired) electrons. The van der Waals surface area contributed by atoms with Gasteiger partial charge in [0.15, 0.2) is 0 Å². The maximum absolute atomic E-state index is 2.72. The second-order valence-electron chi connectivity index (χ2n) is 33.2. The van der Waals surface area contributed by atoms with Gasteiger partial charge in [0.2, 0.25) is 0 Å². The fourth-order valence-electron chi connectivity index (χ4n) is 14.8. The first-order valence-corrected chi connectivity index (χ1v) is 34.2. The van der Waals surface area contributed by atoms with Crippen LogP contribution in [-0.4, -0.2) is 11.3 Å². The van der Waals surface area contributed by atoms with Crippen molar-refractivity contribution < 1.29 is 0 Å². The highest BCUT2D eigenvalue weighted by atomic mass is 15.2. The molecule has 12 aromatic rings. The highest BCUT2D eigenvalue weighted by molar-refractivity contribution is 7.00. The van der Waals surface area contributed by atoms with Gasteiger partial charge in [-0.25, -0.2) is 0 Å². The minimum absolute atomic E-state index is 0.149. The molecule has 0 unspecified atom stereocenters. The fourth-order valence-corrected chi connectivity index (χ4v) is 14.8. The number of fused-ring (bicyclic) bond motifs is 7. The molecular formula is C90H92BN3. The summed E-state index contributed by atoms with van der Waals surface area (Å²) < 4.78 is 2.60. The number of anilines is 6. The molecule has 3 heterocycles. The van der Waals surface area contributed by atoms with Crippen LogP contribution in [0.5, 0.6) is 0 Å². The quantitative estimate of drug-likeness (QED) is 0.147. The third-order valence-corrected chi connectivity index (χ3v) is 20.2. The first-order chi connectivity index (χ1) is 44.4. The van der Waals surface area contributed by atoms with Crippen LogP contribution in [0.1, 0.15) is 158 Å². The molecule has 0 atom stereocenters. The number of aromatic nitrogens is 1. The summed E-state index contributed by atoms with van der Waals surface area (Å²) in [5, 5.41) is 2.43. The van der Waals surface area contributed by atoms with Gasteiger partial charge >= 0.3 is 0 Å². The van der Waals surface area contributed by atoms with Crippen molar-refractivity contribution in [2.24, 2.45) is 0 Å². The normalized spacial score (nSPS) is 13.6. The summed E-state index contributed by atoms with van der Waals surface area (Å²) >= 11 is 0. The van der Waals surface area contributed by atoms with Crippen molar-refractivity contribution in [3.63, 3.8) is 0 Å². The van der Waals surface area contributed by atoms with Crippen molar-refractivity contribution in [2.45, 2.75) is 157 Å². The molecule has 11 aromatic carbocycles. The first kappa shape index (κ1) is 62.3. The Bertz CT molecular complexity index is 4560. The van der Waals surface area contributed by atoms with E-state index in [2.05, 4.69) is 370 Å². The predicted molar refractivity (Wildman–Crippen MR) is 409 cm³/mol. The maximum atomic E-state index is 2.72. The Morgan fingerprint density at radius 3 is 0.883 bits per heavy atom. The van der Waals surface area contributed by atoms with Gasteiger partial charge in [0.05, 0.1) is 16.7 Å². The molecular weight excluding hydrogens is 1130 g/mol. The van der Waals surface area contributed by atoms with Crippen LogP contribution in [-0.2, 0) is 32.5 Å². The second-order valence-corrected chi connectivity index (χ2v) is 33.2. The smallest absolute Gasteiger partial charge is 0.252 e. The number of rotatable bonds is 7. The maximum Gasteiger partial charge on any atom is 0.252 e.